The molecule has 0 aromatic heterocycles. The number of hydrogen-bond acceptors (Lipinski definition) is 3. The van der Waals surface area contributed by atoms with E-state index in [0.29, 0.717) is 11.7 Å². The maximum atomic E-state index is 8.89. The monoisotopic (exact) mass is 294 g/mol. The van der Waals surface area contributed by atoms with Crippen molar-refractivity contribution in [2.75, 3.05) is 25.1 Å². The summed E-state index contributed by atoms with van der Waals surface area (Å²) in [6.45, 7) is 1.98. The van der Waals surface area contributed by atoms with Crippen molar-refractivity contribution in [3.8, 4) is 6.07 Å². The Labute approximate surface area is 110 Å². The van der Waals surface area contributed by atoms with Crippen LogP contribution in [-0.4, -0.2) is 26.3 Å². The van der Waals surface area contributed by atoms with Crippen LogP contribution < -0.4 is 4.90 Å². The quantitative estimate of drug-likeness (QED) is 0.841. The number of halogens is 1. The standard InChI is InChI=1S/C13H15BrN2O/c1-17-12-3-2-6-16(9-12)11-5-4-10(8-15)13(14)7-11/h4-5,7,12H,2-3,6,9H2,1H3. The maximum Gasteiger partial charge on any atom is 0.100 e. The third-order valence-electron chi connectivity index (χ3n) is 3.15. The number of ether oxygens (including phenoxy) is 1. The van der Waals surface area contributed by atoms with Crippen LogP contribution in [0.3, 0.4) is 0 Å². The van der Waals surface area contributed by atoms with Crippen molar-refractivity contribution in [2.45, 2.75) is 18.9 Å². The van der Waals surface area contributed by atoms with Crippen LogP contribution >= 0.6 is 15.9 Å². The topological polar surface area (TPSA) is 36.3 Å². The summed E-state index contributed by atoms with van der Waals surface area (Å²) in [5, 5.41) is 8.89. The van der Waals surface area contributed by atoms with Gasteiger partial charge < -0.3 is 9.64 Å². The van der Waals surface area contributed by atoms with E-state index < -0.39 is 0 Å². The Kier molecular flexibility index (Phi) is 4.03. The van der Waals surface area contributed by atoms with Crippen molar-refractivity contribution in [2.24, 2.45) is 0 Å². The zero-order valence-corrected chi connectivity index (χ0v) is 11.4. The van der Waals surface area contributed by atoms with E-state index in [1.807, 2.05) is 18.2 Å². The Morgan fingerprint density at radius 3 is 3.00 bits per heavy atom. The van der Waals surface area contributed by atoms with Crippen molar-refractivity contribution >= 4 is 21.6 Å². The summed E-state index contributed by atoms with van der Waals surface area (Å²) in [4.78, 5) is 2.31. The summed E-state index contributed by atoms with van der Waals surface area (Å²) >= 11 is 3.43. The molecule has 0 aliphatic carbocycles. The second-order valence-corrected chi connectivity index (χ2v) is 5.08. The molecular formula is C13H15BrN2O. The Hall–Kier alpha value is -1.05. The lowest BCUT2D eigenvalue weighted by Gasteiger charge is -2.33. The number of nitriles is 1. The Balaban J connectivity index is 2.17. The predicted molar refractivity (Wildman–Crippen MR) is 71.1 cm³/mol. The number of anilines is 1. The second kappa shape index (κ2) is 5.52. The minimum absolute atomic E-state index is 0.318. The molecule has 3 nitrogen and oxygen atoms in total. The molecule has 1 aromatic rings. The van der Waals surface area contributed by atoms with Crippen LogP contribution in [0.2, 0.25) is 0 Å². The maximum absolute atomic E-state index is 8.89. The van der Waals surface area contributed by atoms with Crippen molar-refractivity contribution in [1.82, 2.24) is 0 Å². The van der Waals surface area contributed by atoms with Gasteiger partial charge in [-0.3, -0.25) is 0 Å². The molecule has 4 heteroatoms. The second-order valence-electron chi connectivity index (χ2n) is 4.22. The molecule has 0 bridgehead atoms. The van der Waals surface area contributed by atoms with Crippen LogP contribution in [0, 0.1) is 11.3 Å². The minimum atomic E-state index is 0.318. The molecule has 2 rings (SSSR count). The van der Waals surface area contributed by atoms with E-state index in [9.17, 15) is 0 Å². The van der Waals surface area contributed by atoms with E-state index in [1.54, 1.807) is 7.11 Å². The zero-order chi connectivity index (χ0) is 12.3. The highest BCUT2D eigenvalue weighted by molar-refractivity contribution is 9.10. The van der Waals surface area contributed by atoms with E-state index in [1.165, 1.54) is 0 Å². The van der Waals surface area contributed by atoms with Gasteiger partial charge in [-0.2, -0.15) is 5.26 Å². The zero-order valence-electron chi connectivity index (χ0n) is 9.82. The molecule has 1 saturated heterocycles. The molecule has 1 aromatic carbocycles. The highest BCUT2D eigenvalue weighted by Crippen LogP contribution is 2.26. The fraction of sp³-hybridized carbons (Fsp3) is 0.462. The van der Waals surface area contributed by atoms with Crippen LogP contribution in [0.25, 0.3) is 0 Å². The number of methoxy groups -OCH3 is 1. The first-order valence-corrected chi connectivity index (χ1v) is 6.51. The average Bonchev–Trinajstić information content (AvgIpc) is 2.38. The van der Waals surface area contributed by atoms with Crippen molar-refractivity contribution < 1.29 is 4.74 Å². The van der Waals surface area contributed by atoms with Gasteiger partial charge in [0.1, 0.15) is 6.07 Å². The molecule has 0 amide bonds. The van der Waals surface area contributed by atoms with Crippen LogP contribution in [0.15, 0.2) is 22.7 Å². The molecule has 1 fully saturated rings. The van der Waals surface area contributed by atoms with Gasteiger partial charge in [0.05, 0.1) is 11.7 Å². The summed E-state index contributed by atoms with van der Waals surface area (Å²) in [5.74, 6) is 0. The highest BCUT2D eigenvalue weighted by Gasteiger charge is 2.19. The lowest BCUT2D eigenvalue weighted by Crippen LogP contribution is -2.39. The summed E-state index contributed by atoms with van der Waals surface area (Å²) in [5.41, 5.74) is 1.83. The fourth-order valence-electron chi connectivity index (χ4n) is 2.16. The molecule has 1 aliphatic heterocycles. The molecule has 0 N–H and O–H groups in total. The van der Waals surface area contributed by atoms with Gasteiger partial charge in [-0.1, -0.05) is 0 Å². The lowest BCUT2D eigenvalue weighted by atomic mass is 10.1. The molecule has 1 unspecified atom stereocenters. The number of nitrogens with zero attached hydrogens (tertiary/aromatic N) is 2. The van der Waals surface area contributed by atoms with Gasteiger partial charge in [-0.05, 0) is 47.0 Å². The first-order chi connectivity index (χ1) is 8.24. The summed E-state index contributed by atoms with van der Waals surface area (Å²) in [7, 11) is 1.77. The number of hydrogen-bond donors (Lipinski definition) is 0. The van der Waals surface area contributed by atoms with E-state index in [-0.39, 0.29) is 0 Å². The Morgan fingerprint density at radius 1 is 1.53 bits per heavy atom. The molecule has 1 heterocycles. The molecular weight excluding hydrogens is 280 g/mol. The Bertz CT molecular complexity index is 442. The number of rotatable bonds is 2. The smallest absolute Gasteiger partial charge is 0.100 e. The molecule has 1 atom stereocenters. The molecule has 17 heavy (non-hydrogen) atoms. The third-order valence-corrected chi connectivity index (χ3v) is 3.81. The van der Waals surface area contributed by atoms with Crippen LogP contribution in [-0.2, 0) is 4.74 Å². The summed E-state index contributed by atoms with van der Waals surface area (Å²) in [6, 6.07) is 8.02. The van der Waals surface area contributed by atoms with Gasteiger partial charge >= 0.3 is 0 Å². The minimum Gasteiger partial charge on any atom is -0.380 e. The van der Waals surface area contributed by atoms with Gasteiger partial charge in [0.25, 0.3) is 0 Å². The van der Waals surface area contributed by atoms with E-state index in [2.05, 4.69) is 26.9 Å². The van der Waals surface area contributed by atoms with E-state index >= 15 is 0 Å². The molecule has 90 valence electrons. The van der Waals surface area contributed by atoms with Crippen LogP contribution in [0.4, 0.5) is 5.69 Å². The van der Waals surface area contributed by atoms with Crippen molar-refractivity contribution in [1.29, 1.82) is 5.26 Å². The number of benzene rings is 1. The average molecular weight is 295 g/mol. The van der Waals surface area contributed by atoms with Crippen LogP contribution in [0.5, 0.6) is 0 Å². The predicted octanol–water partition coefficient (Wildman–Crippen LogP) is 2.94. The molecule has 0 saturated carbocycles. The largest absolute Gasteiger partial charge is 0.380 e. The van der Waals surface area contributed by atoms with Gasteiger partial charge in [-0.25, -0.2) is 0 Å². The fourth-order valence-corrected chi connectivity index (χ4v) is 2.61. The van der Waals surface area contributed by atoms with Gasteiger partial charge in [0.2, 0.25) is 0 Å². The first-order valence-electron chi connectivity index (χ1n) is 5.72. The normalized spacial score (nSPS) is 20.1. The third kappa shape index (κ3) is 2.80. The van der Waals surface area contributed by atoms with E-state index in [4.69, 9.17) is 10.00 Å². The Morgan fingerprint density at radius 2 is 2.35 bits per heavy atom. The van der Waals surface area contributed by atoms with Gasteiger partial charge in [0.15, 0.2) is 0 Å². The van der Waals surface area contributed by atoms with Gasteiger partial charge in [-0.15, -0.1) is 0 Å². The highest BCUT2D eigenvalue weighted by atomic mass is 79.9. The molecule has 0 radical (unpaired) electrons. The number of piperidine rings is 1. The van der Waals surface area contributed by atoms with Crippen LogP contribution in [0.1, 0.15) is 18.4 Å². The summed E-state index contributed by atoms with van der Waals surface area (Å²) < 4.78 is 6.27. The van der Waals surface area contributed by atoms with E-state index in [0.717, 1.165) is 36.1 Å². The van der Waals surface area contributed by atoms with Crippen molar-refractivity contribution in [3.63, 3.8) is 0 Å². The first kappa shape index (κ1) is 12.4. The SMILES string of the molecule is COC1CCCN(c2ccc(C#N)c(Br)c2)C1. The summed E-state index contributed by atoms with van der Waals surface area (Å²) in [6.07, 6.45) is 2.60. The molecule has 1 aliphatic rings. The van der Waals surface area contributed by atoms with Crippen molar-refractivity contribution in [3.05, 3.63) is 28.2 Å². The lowest BCUT2D eigenvalue weighted by molar-refractivity contribution is 0.0893. The van der Waals surface area contributed by atoms with Gasteiger partial charge in [0, 0.05) is 30.4 Å². The molecule has 0 spiro atoms.